The number of benzene rings is 1. The zero-order chi connectivity index (χ0) is 17.4. The minimum Gasteiger partial charge on any atom is -0.375 e. The first-order valence-electron chi connectivity index (χ1n) is 6.68. The summed E-state index contributed by atoms with van der Waals surface area (Å²) in [6, 6.07) is 3.35. The van der Waals surface area contributed by atoms with E-state index in [1.807, 2.05) is 0 Å². The molecule has 0 saturated carbocycles. The number of hydrogen-bond acceptors (Lipinski definition) is 7. The number of hydrogen-bond donors (Lipinski definition) is 1. The van der Waals surface area contributed by atoms with Crippen LogP contribution in [0.2, 0.25) is 0 Å². The van der Waals surface area contributed by atoms with Crippen LogP contribution in [0.1, 0.15) is 6.42 Å². The predicted molar refractivity (Wildman–Crippen MR) is 84.7 cm³/mol. The van der Waals surface area contributed by atoms with Gasteiger partial charge in [-0.15, -0.1) is 0 Å². The van der Waals surface area contributed by atoms with E-state index >= 15 is 0 Å². The average molecular weight is 363 g/mol. The molecular weight excluding hydrogens is 346 g/mol. The van der Waals surface area contributed by atoms with Gasteiger partial charge in [-0.25, -0.2) is 21.1 Å². The zero-order valence-corrected chi connectivity index (χ0v) is 14.2. The molecule has 2 rings (SSSR count). The van der Waals surface area contributed by atoms with Crippen LogP contribution < -0.4 is 5.32 Å². The minimum absolute atomic E-state index is 0.140. The maximum atomic E-state index is 11.5. The van der Waals surface area contributed by atoms with Crippen LogP contribution in [0, 0.1) is 10.1 Å². The molecule has 9 nitrogen and oxygen atoms in total. The number of anilines is 1. The molecule has 1 atom stereocenters. The van der Waals surface area contributed by atoms with E-state index in [1.54, 1.807) is 0 Å². The minimum atomic E-state index is -3.55. The molecule has 1 fully saturated rings. The summed E-state index contributed by atoms with van der Waals surface area (Å²) >= 11 is 0. The number of nitro benzene ring substituents is 1. The lowest BCUT2D eigenvalue weighted by Gasteiger charge is -2.16. The van der Waals surface area contributed by atoms with Crippen molar-refractivity contribution in [1.82, 2.24) is 4.31 Å². The highest BCUT2D eigenvalue weighted by molar-refractivity contribution is 7.90. The van der Waals surface area contributed by atoms with Crippen LogP contribution in [-0.2, 0) is 19.9 Å². The standard InChI is InChI=1S/C12H17N3O6S2/c1-22(18,19)10-3-4-11(12(7-10)15(16)17)13-9-5-6-14(8-9)23(2,20)21/h3-4,7,9,13H,5-6,8H2,1-2H3. The highest BCUT2D eigenvalue weighted by Gasteiger charge is 2.30. The lowest BCUT2D eigenvalue weighted by molar-refractivity contribution is -0.384. The summed E-state index contributed by atoms with van der Waals surface area (Å²) in [6.45, 7) is 0.551. The first-order chi connectivity index (χ1) is 10.5. The van der Waals surface area contributed by atoms with Gasteiger partial charge in [0.05, 0.1) is 16.1 Å². The van der Waals surface area contributed by atoms with Crippen LogP contribution in [0.4, 0.5) is 11.4 Å². The lowest BCUT2D eigenvalue weighted by atomic mass is 10.2. The maximum Gasteiger partial charge on any atom is 0.293 e. The van der Waals surface area contributed by atoms with Crippen molar-refractivity contribution in [3.05, 3.63) is 28.3 Å². The molecule has 11 heteroatoms. The maximum absolute atomic E-state index is 11.5. The van der Waals surface area contributed by atoms with Gasteiger partial charge in [-0.05, 0) is 18.6 Å². The number of nitro groups is 1. The number of sulfone groups is 1. The predicted octanol–water partition coefficient (Wildman–Crippen LogP) is 0.444. The second kappa shape index (κ2) is 6.06. The highest BCUT2D eigenvalue weighted by atomic mass is 32.2. The van der Waals surface area contributed by atoms with Gasteiger partial charge < -0.3 is 5.32 Å². The molecule has 0 aromatic heterocycles. The quantitative estimate of drug-likeness (QED) is 0.594. The lowest BCUT2D eigenvalue weighted by Crippen LogP contribution is -2.30. The van der Waals surface area contributed by atoms with Crippen molar-refractivity contribution in [3.8, 4) is 0 Å². The SMILES string of the molecule is CS(=O)(=O)c1ccc(NC2CCN(S(C)(=O)=O)C2)c([N+](=O)[O-])c1. The van der Waals surface area contributed by atoms with E-state index < -0.39 is 24.8 Å². The van der Waals surface area contributed by atoms with Crippen LogP contribution in [-0.4, -0.2) is 57.7 Å². The molecular formula is C12H17N3O6S2. The molecule has 1 aliphatic rings. The second-order valence-corrected chi connectivity index (χ2v) is 9.46. The fourth-order valence-corrected chi connectivity index (χ4v) is 3.91. The largest absolute Gasteiger partial charge is 0.375 e. The summed E-state index contributed by atoms with van der Waals surface area (Å²) in [5.74, 6) is 0. The van der Waals surface area contributed by atoms with Crippen LogP contribution in [0.3, 0.4) is 0 Å². The van der Waals surface area contributed by atoms with Crippen molar-refractivity contribution in [2.75, 3.05) is 30.9 Å². The zero-order valence-electron chi connectivity index (χ0n) is 12.6. The van der Waals surface area contributed by atoms with Gasteiger partial charge >= 0.3 is 0 Å². The molecule has 128 valence electrons. The monoisotopic (exact) mass is 363 g/mol. The average Bonchev–Trinajstić information content (AvgIpc) is 2.86. The summed E-state index contributed by atoms with van der Waals surface area (Å²) in [5, 5.41) is 14.1. The highest BCUT2D eigenvalue weighted by Crippen LogP contribution is 2.29. The molecule has 1 aromatic rings. The molecule has 0 radical (unpaired) electrons. The van der Waals surface area contributed by atoms with Crippen LogP contribution in [0.5, 0.6) is 0 Å². The van der Waals surface area contributed by atoms with Gasteiger partial charge in [-0.1, -0.05) is 0 Å². The summed E-state index contributed by atoms with van der Waals surface area (Å²) in [6.07, 6.45) is 2.59. The van der Waals surface area contributed by atoms with E-state index in [0.29, 0.717) is 13.0 Å². The van der Waals surface area contributed by atoms with E-state index in [4.69, 9.17) is 0 Å². The van der Waals surface area contributed by atoms with E-state index in [1.165, 1.54) is 16.4 Å². The van der Waals surface area contributed by atoms with Gasteiger partial charge in [0.1, 0.15) is 5.69 Å². The molecule has 1 heterocycles. The van der Waals surface area contributed by atoms with Crippen molar-refractivity contribution in [3.63, 3.8) is 0 Å². The third kappa shape index (κ3) is 4.18. The van der Waals surface area contributed by atoms with Gasteiger partial charge in [0.2, 0.25) is 10.0 Å². The number of rotatable bonds is 5. The van der Waals surface area contributed by atoms with Crippen LogP contribution >= 0.6 is 0 Å². The molecule has 0 bridgehead atoms. The first kappa shape index (κ1) is 17.6. The van der Waals surface area contributed by atoms with Crippen molar-refractivity contribution in [1.29, 1.82) is 0 Å². The van der Waals surface area contributed by atoms with Gasteiger partial charge in [-0.3, -0.25) is 10.1 Å². The molecule has 1 aromatic carbocycles. The molecule has 23 heavy (non-hydrogen) atoms. The van der Waals surface area contributed by atoms with E-state index in [-0.39, 0.29) is 28.9 Å². The summed E-state index contributed by atoms with van der Waals surface area (Å²) in [7, 11) is -6.85. The third-order valence-electron chi connectivity index (χ3n) is 3.57. The van der Waals surface area contributed by atoms with Crippen molar-refractivity contribution >= 4 is 31.2 Å². The number of nitrogens with zero attached hydrogens (tertiary/aromatic N) is 2. The Balaban J connectivity index is 2.26. The van der Waals surface area contributed by atoms with Crippen molar-refractivity contribution in [2.45, 2.75) is 17.4 Å². The van der Waals surface area contributed by atoms with Crippen LogP contribution in [0.15, 0.2) is 23.1 Å². The van der Waals surface area contributed by atoms with E-state index in [9.17, 15) is 26.9 Å². The smallest absolute Gasteiger partial charge is 0.293 e. The number of sulfonamides is 1. The summed E-state index contributed by atoms with van der Waals surface area (Å²) in [4.78, 5) is 10.4. The first-order valence-corrected chi connectivity index (χ1v) is 10.4. The molecule has 1 aliphatic heterocycles. The summed E-state index contributed by atoms with van der Waals surface area (Å²) < 4.78 is 47.3. The Kier molecular flexibility index (Phi) is 4.64. The van der Waals surface area contributed by atoms with E-state index in [2.05, 4.69) is 5.32 Å². The number of nitrogens with one attached hydrogen (secondary N) is 1. The van der Waals surface area contributed by atoms with Gasteiger partial charge in [0.25, 0.3) is 5.69 Å². The molecule has 1 saturated heterocycles. The molecule has 0 spiro atoms. The Morgan fingerprint density at radius 1 is 1.26 bits per heavy atom. The van der Waals surface area contributed by atoms with Crippen LogP contribution in [0.25, 0.3) is 0 Å². The Morgan fingerprint density at radius 2 is 1.91 bits per heavy atom. The second-order valence-electron chi connectivity index (χ2n) is 5.46. The molecule has 1 N–H and O–H groups in total. The molecule has 0 amide bonds. The Labute approximate surface area is 134 Å². The van der Waals surface area contributed by atoms with Crippen molar-refractivity contribution < 1.29 is 21.8 Å². The third-order valence-corrected chi connectivity index (χ3v) is 5.95. The Bertz CT molecular complexity index is 834. The van der Waals surface area contributed by atoms with E-state index in [0.717, 1.165) is 18.6 Å². The Hall–Kier alpha value is -1.72. The molecule has 1 unspecified atom stereocenters. The summed E-state index contributed by atoms with van der Waals surface area (Å²) in [5.41, 5.74) is -0.187. The Morgan fingerprint density at radius 3 is 2.39 bits per heavy atom. The van der Waals surface area contributed by atoms with Gasteiger partial charge in [0, 0.05) is 31.5 Å². The fourth-order valence-electron chi connectivity index (χ4n) is 2.38. The normalized spacial score (nSPS) is 19.7. The molecule has 0 aliphatic carbocycles. The van der Waals surface area contributed by atoms with Crippen molar-refractivity contribution in [2.24, 2.45) is 0 Å². The fraction of sp³-hybridized carbons (Fsp3) is 0.500. The topological polar surface area (TPSA) is 127 Å². The van der Waals surface area contributed by atoms with Gasteiger partial charge in [-0.2, -0.15) is 0 Å². The van der Waals surface area contributed by atoms with Gasteiger partial charge in [0.15, 0.2) is 9.84 Å².